The predicted octanol–water partition coefficient (Wildman–Crippen LogP) is 2.87. The zero-order valence-corrected chi connectivity index (χ0v) is 10.3. The van der Waals surface area contributed by atoms with E-state index in [-0.39, 0.29) is 11.9 Å². The van der Waals surface area contributed by atoms with Crippen molar-refractivity contribution in [2.75, 3.05) is 13.7 Å². The number of benzene rings is 1. The fourth-order valence-corrected chi connectivity index (χ4v) is 2.30. The standard InChI is InChI=1S/C12H18O2S/c1-4-11(8-13)15-12-6-5-10(14-3)7-9(12)2/h5-7,11,13H,4,8H2,1-3H3. The maximum atomic E-state index is 9.13. The molecule has 84 valence electrons. The number of aryl methyl sites for hydroxylation is 1. The van der Waals surface area contributed by atoms with Gasteiger partial charge in [-0.1, -0.05) is 6.92 Å². The number of hydrogen-bond acceptors (Lipinski definition) is 3. The molecule has 1 atom stereocenters. The van der Waals surface area contributed by atoms with Crippen LogP contribution in [0.4, 0.5) is 0 Å². The number of methoxy groups -OCH3 is 1. The smallest absolute Gasteiger partial charge is 0.119 e. The first kappa shape index (κ1) is 12.4. The van der Waals surface area contributed by atoms with E-state index >= 15 is 0 Å². The monoisotopic (exact) mass is 226 g/mol. The highest BCUT2D eigenvalue weighted by atomic mass is 32.2. The van der Waals surface area contributed by atoms with Crippen LogP contribution >= 0.6 is 11.8 Å². The molecule has 0 saturated carbocycles. The minimum absolute atomic E-state index is 0.229. The van der Waals surface area contributed by atoms with Gasteiger partial charge in [-0.05, 0) is 37.1 Å². The number of rotatable bonds is 5. The molecule has 0 radical (unpaired) electrons. The summed E-state index contributed by atoms with van der Waals surface area (Å²) in [5.41, 5.74) is 1.20. The zero-order chi connectivity index (χ0) is 11.3. The first-order chi connectivity index (χ1) is 7.21. The van der Waals surface area contributed by atoms with Gasteiger partial charge < -0.3 is 9.84 Å². The molecule has 0 fully saturated rings. The highest BCUT2D eigenvalue weighted by Gasteiger charge is 2.08. The maximum Gasteiger partial charge on any atom is 0.119 e. The molecule has 0 saturated heterocycles. The van der Waals surface area contributed by atoms with E-state index in [1.165, 1.54) is 10.5 Å². The Morgan fingerprint density at radius 2 is 2.20 bits per heavy atom. The fourth-order valence-electron chi connectivity index (χ4n) is 1.31. The molecular formula is C12H18O2S. The molecule has 2 nitrogen and oxygen atoms in total. The fraction of sp³-hybridized carbons (Fsp3) is 0.500. The Morgan fingerprint density at radius 3 is 2.67 bits per heavy atom. The quantitative estimate of drug-likeness (QED) is 0.783. The van der Waals surface area contributed by atoms with Crippen molar-refractivity contribution in [2.45, 2.75) is 30.4 Å². The Morgan fingerprint density at radius 1 is 1.47 bits per heavy atom. The SMILES string of the molecule is CCC(CO)Sc1ccc(OC)cc1C. The van der Waals surface area contributed by atoms with Crippen molar-refractivity contribution in [3.8, 4) is 5.75 Å². The van der Waals surface area contributed by atoms with Crippen LogP contribution in [0.1, 0.15) is 18.9 Å². The Bertz CT molecular complexity index is 308. The minimum Gasteiger partial charge on any atom is -0.497 e. The van der Waals surface area contributed by atoms with E-state index in [0.717, 1.165) is 12.2 Å². The van der Waals surface area contributed by atoms with E-state index in [1.807, 2.05) is 12.1 Å². The van der Waals surface area contributed by atoms with E-state index in [9.17, 15) is 0 Å². The van der Waals surface area contributed by atoms with Gasteiger partial charge in [0.25, 0.3) is 0 Å². The van der Waals surface area contributed by atoms with Gasteiger partial charge >= 0.3 is 0 Å². The van der Waals surface area contributed by atoms with Crippen molar-refractivity contribution >= 4 is 11.8 Å². The van der Waals surface area contributed by atoms with Crippen LogP contribution in [-0.2, 0) is 0 Å². The summed E-state index contributed by atoms with van der Waals surface area (Å²) in [6.45, 7) is 4.38. The molecule has 0 heterocycles. The third kappa shape index (κ3) is 3.43. The first-order valence-electron chi connectivity index (χ1n) is 5.13. The van der Waals surface area contributed by atoms with Crippen LogP contribution < -0.4 is 4.74 Å². The number of aliphatic hydroxyl groups excluding tert-OH is 1. The second kappa shape index (κ2) is 6.03. The average molecular weight is 226 g/mol. The summed E-state index contributed by atoms with van der Waals surface area (Å²) in [5, 5.41) is 9.42. The largest absolute Gasteiger partial charge is 0.497 e. The lowest BCUT2D eigenvalue weighted by Gasteiger charge is -2.13. The van der Waals surface area contributed by atoms with E-state index in [0.29, 0.717) is 0 Å². The molecule has 1 N–H and O–H groups in total. The predicted molar refractivity (Wildman–Crippen MR) is 64.8 cm³/mol. The molecule has 1 rings (SSSR count). The molecule has 0 aromatic heterocycles. The molecule has 0 aliphatic carbocycles. The molecule has 0 bridgehead atoms. The third-order valence-corrected chi connectivity index (χ3v) is 3.86. The zero-order valence-electron chi connectivity index (χ0n) is 9.49. The van der Waals surface area contributed by atoms with Crippen molar-refractivity contribution in [2.24, 2.45) is 0 Å². The molecule has 15 heavy (non-hydrogen) atoms. The van der Waals surface area contributed by atoms with Gasteiger partial charge in [0.15, 0.2) is 0 Å². The minimum atomic E-state index is 0.229. The summed E-state index contributed by atoms with van der Waals surface area (Å²) in [4.78, 5) is 1.22. The number of hydrogen-bond donors (Lipinski definition) is 1. The summed E-state index contributed by atoms with van der Waals surface area (Å²) in [7, 11) is 1.67. The highest BCUT2D eigenvalue weighted by molar-refractivity contribution is 8.00. The molecule has 0 spiro atoms. The molecule has 3 heteroatoms. The van der Waals surface area contributed by atoms with Crippen LogP contribution in [0.2, 0.25) is 0 Å². The van der Waals surface area contributed by atoms with Gasteiger partial charge in [0.05, 0.1) is 13.7 Å². The molecule has 0 aliphatic rings. The number of thioether (sulfide) groups is 1. The van der Waals surface area contributed by atoms with Gasteiger partial charge in [-0.3, -0.25) is 0 Å². The van der Waals surface area contributed by atoms with Gasteiger partial charge in [0, 0.05) is 10.1 Å². The lowest BCUT2D eigenvalue weighted by atomic mass is 10.2. The summed E-state index contributed by atoms with van der Waals surface area (Å²) >= 11 is 1.73. The summed E-state index contributed by atoms with van der Waals surface area (Å²) in [6, 6.07) is 6.03. The molecule has 1 aromatic rings. The van der Waals surface area contributed by atoms with Crippen LogP contribution in [-0.4, -0.2) is 24.1 Å². The van der Waals surface area contributed by atoms with Crippen LogP contribution in [0, 0.1) is 6.92 Å². The van der Waals surface area contributed by atoms with Gasteiger partial charge in [-0.15, -0.1) is 11.8 Å². The summed E-state index contributed by atoms with van der Waals surface area (Å²) < 4.78 is 5.15. The van der Waals surface area contributed by atoms with E-state index in [2.05, 4.69) is 19.9 Å². The lowest BCUT2D eigenvalue weighted by Crippen LogP contribution is -2.06. The van der Waals surface area contributed by atoms with E-state index in [4.69, 9.17) is 9.84 Å². The first-order valence-corrected chi connectivity index (χ1v) is 6.01. The van der Waals surface area contributed by atoms with Crippen molar-refractivity contribution in [1.82, 2.24) is 0 Å². The third-order valence-electron chi connectivity index (χ3n) is 2.33. The second-order valence-corrected chi connectivity index (χ2v) is 4.80. The molecule has 0 amide bonds. The Hall–Kier alpha value is -0.670. The summed E-state index contributed by atoms with van der Waals surface area (Å²) in [6.07, 6.45) is 0.979. The van der Waals surface area contributed by atoms with Crippen molar-refractivity contribution in [3.05, 3.63) is 23.8 Å². The lowest BCUT2D eigenvalue weighted by molar-refractivity contribution is 0.292. The van der Waals surface area contributed by atoms with Gasteiger partial charge in [0.2, 0.25) is 0 Å². The van der Waals surface area contributed by atoms with Gasteiger partial charge in [0.1, 0.15) is 5.75 Å². The van der Waals surface area contributed by atoms with Crippen molar-refractivity contribution in [1.29, 1.82) is 0 Å². The van der Waals surface area contributed by atoms with Crippen LogP contribution in [0.15, 0.2) is 23.1 Å². The number of ether oxygens (including phenoxy) is 1. The normalized spacial score (nSPS) is 12.5. The van der Waals surface area contributed by atoms with Crippen LogP contribution in [0.25, 0.3) is 0 Å². The highest BCUT2D eigenvalue weighted by Crippen LogP contribution is 2.30. The molecule has 1 unspecified atom stereocenters. The van der Waals surface area contributed by atoms with Crippen LogP contribution in [0.3, 0.4) is 0 Å². The van der Waals surface area contributed by atoms with Gasteiger partial charge in [-0.2, -0.15) is 0 Å². The average Bonchev–Trinajstić information content (AvgIpc) is 2.27. The van der Waals surface area contributed by atoms with Gasteiger partial charge in [-0.25, -0.2) is 0 Å². The Labute approximate surface area is 95.7 Å². The summed E-state index contributed by atoms with van der Waals surface area (Å²) in [5.74, 6) is 0.883. The number of aliphatic hydroxyl groups is 1. The topological polar surface area (TPSA) is 29.5 Å². The van der Waals surface area contributed by atoms with Crippen molar-refractivity contribution in [3.63, 3.8) is 0 Å². The molecule has 0 aliphatic heterocycles. The Kier molecular flexibility index (Phi) is 4.99. The van der Waals surface area contributed by atoms with Crippen LogP contribution in [0.5, 0.6) is 5.75 Å². The maximum absolute atomic E-state index is 9.13. The molecule has 1 aromatic carbocycles. The molecular weight excluding hydrogens is 208 g/mol. The van der Waals surface area contributed by atoms with E-state index in [1.54, 1.807) is 18.9 Å². The second-order valence-electron chi connectivity index (χ2n) is 3.46. The van der Waals surface area contributed by atoms with Crippen molar-refractivity contribution < 1.29 is 9.84 Å². The Balaban J connectivity index is 2.77. The van der Waals surface area contributed by atoms with E-state index < -0.39 is 0 Å².